The molecule has 1 aliphatic carbocycles. The lowest BCUT2D eigenvalue weighted by atomic mass is 9.96. The van der Waals surface area contributed by atoms with Crippen LogP contribution in [0.15, 0.2) is 36.7 Å². The number of nitrogens with zero attached hydrogens (tertiary/aromatic N) is 3. The fourth-order valence-corrected chi connectivity index (χ4v) is 3.98. The van der Waals surface area contributed by atoms with Gasteiger partial charge in [0.1, 0.15) is 11.6 Å². The minimum atomic E-state index is 0.212. The molecular formula is C22H29N3O2. The van der Waals surface area contributed by atoms with Gasteiger partial charge in [-0.25, -0.2) is 4.98 Å². The first-order valence-corrected chi connectivity index (χ1v) is 10.2. The van der Waals surface area contributed by atoms with Gasteiger partial charge in [-0.05, 0) is 56.2 Å². The van der Waals surface area contributed by atoms with E-state index in [1.165, 1.54) is 18.7 Å². The van der Waals surface area contributed by atoms with E-state index in [1.807, 2.05) is 42.3 Å². The van der Waals surface area contributed by atoms with Gasteiger partial charge in [0.05, 0.1) is 13.0 Å². The third kappa shape index (κ3) is 4.52. The Morgan fingerprint density at radius 2 is 2.04 bits per heavy atom. The van der Waals surface area contributed by atoms with Crippen molar-refractivity contribution in [3.05, 3.63) is 48.0 Å². The molecule has 1 aromatic heterocycles. The van der Waals surface area contributed by atoms with Gasteiger partial charge in [-0.1, -0.05) is 12.1 Å². The van der Waals surface area contributed by atoms with E-state index in [1.54, 1.807) is 0 Å². The van der Waals surface area contributed by atoms with E-state index in [2.05, 4.69) is 15.7 Å². The van der Waals surface area contributed by atoms with Crippen LogP contribution in [0.4, 0.5) is 0 Å². The van der Waals surface area contributed by atoms with Gasteiger partial charge in [-0.2, -0.15) is 0 Å². The van der Waals surface area contributed by atoms with Gasteiger partial charge >= 0.3 is 0 Å². The van der Waals surface area contributed by atoms with E-state index >= 15 is 0 Å². The van der Waals surface area contributed by atoms with Gasteiger partial charge < -0.3 is 14.2 Å². The lowest BCUT2D eigenvalue weighted by Gasteiger charge is -2.33. The molecule has 5 nitrogen and oxygen atoms in total. The third-order valence-electron chi connectivity index (χ3n) is 5.63. The zero-order valence-electron chi connectivity index (χ0n) is 16.1. The highest BCUT2D eigenvalue weighted by Gasteiger charge is 2.29. The molecule has 27 heavy (non-hydrogen) atoms. The number of hydrogen-bond acceptors (Lipinski definition) is 3. The van der Waals surface area contributed by atoms with Crippen LogP contribution in [-0.4, -0.2) is 40.1 Å². The summed E-state index contributed by atoms with van der Waals surface area (Å²) in [7, 11) is 0. The van der Waals surface area contributed by atoms with Crippen molar-refractivity contribution in [1.82, 2.24) is 14.5 Å². The number of carbonyl (C=O) groups is 1. The number of hydrogen-bond donors (Lipinski definition) is 0. The van der Waals surface area contributed by atoms with Crippen LogP contribution < -0.4 is 4.74 Å². The van der Waals surface area contributed by atoms with Gasteiger partial charge in [-0.3, -0.25) is 4.79 Å². The third-order valence-corrected chi connectivity index (χ3v) is 5.63. The summed E-state index contributed by atoms with van der Waals surface area (Å²) >= 11 is 0. The first-order valence-electron chi connectivity index (χ1n) is 10.2. The topological polar surface area (TPSA) is 47.4 Å². The lowest BCUT2D eigenvalue weighted by molar-refractivity contribution is -0.131. The highest BCUT2D eigenvalue weighted by Crippen LogP contribution is 2.33. The number of ether oxygens (including phenoxy) is 1. The molecule has 0 spiro atoms. The van der Waals surface area contributed by atoms with Crippen molar-refractivity contribution in [2.24, 2.45) is 5.92 Å². The SMILES string of the molecule is CCOc1ccc(CC(=O)N2CCC[C@@H](c3nccn3CC3CC3)C2)cc1. The summed E-state index contributed by atoms with van der Waals surface area (Å²) in [6.45, 7) is 5.36. The molecule has 2 aromatic rings. The molecule has 1 aromatic carbocycles. The molecule has 2 aliphatic rings. The molecule has 5 heteroatoms. The molecule has 1 amide bonds. The Labute approximate surface area is 161 Å². The Balaban J connectivity index is 1.37. The molecule has 4 rings (SSSR count). The molecule has 2 fully saturated rings. The fraction of sp³-hybridized carbons (Fsp3) is 0.545. The number of rotatable bonds is 7. The summed E-state index contributed by atoms with van der Waals surface area (Å²) in [5.74, 6) is 3.43. The van der Waals surface area contributed by atoms with Crippen LogP contribution in [0.3, 0.4) is 0 Å². The maximum absolute atomic E-state index is 12.8. The second-order valence-corrected chi connectivity index (χ2v) is 7.81. The molecule has 1 saturated carbocycles. The average molecular weight is 367 g/mol. The molecule has 2 heterocycles. The maximum atomic E-state index is 12.8. The van der Waals surface area contributed by atoms with Crippen LogP contribution in [0.1, 0.15) is 49.9 Å². The fourth-order valence-electron chi connectivity index (χ4n) is 3.98. The van der Waals surface area contributed by atoms with Gasteiger partial charge in [0.15, 0.2) is 0 Å². The van der Waals surface area contributed by atoms with Crippen molar-refractivity contribution in [2.45, 2.75) is 51.5 Å². The monoisotopic (exact) mass is 367 g/mol. The second kappa shape index (κ2) is 8.15. The molecule has 1 saturated heterocycles. The Kier molecular flexibility index (Phi) is 5.46. The zero-order chi connectivity index (χ0) is 18.6. The second-order valence-electron chi connectivity index (χ2n) is 7.81. The summed E-state index contributed by atoms with van der Waals surface area (Å²) in [5.41, 5.74) is 1.04. The number of imidazole rings is 1. The van der Waals surface area contributed by atoms with E-state index in [0.29, 0.717) is 18.9 Å². The number of carbonyl (C=O) groups excluding carboxylic acids is 1. The first kappa shape index (κ1) is 18.1. The normalized spacial score (nSPS) is 19.9. The van der Waals surface area contributed by atoms with Crippen molar-refractivity contribution >= 4 is 5.91 Å². The largest absolute Gasteiger partial charge is 0.494 e. The molecule has 1 atom stereocenters. The Bertz CT molecular complexity index is 764. The van der Waals surface area contributed by atoms with Gasteiger partial charge in [-0.15, -0.1) is 0 Å². The van der Waals surface area contributed by atoms with E-state index in [4.69, 9.17) is 4.74 Å². The highest BCUT2D eigenvalue weighted by molar-refractivity contribution is 5.79. The highest BCUT2D eigenvalue weighted by atomic mass is 16.5. The van der Waals surface area contributed by atoms with E-state index in [9.17, 15) is 4.79 Å². The van der Waals surface area contributed by atoms with Crippen LogP contribution in [0.2, 0.25) is 0 Å². The van der Waals surface area contributed by atoms with Gasteiger partial charge in [0.2, 0.25) is 5.91 Å². The summed E-state index contributed by atoms with van der Waals surface area (Å²) in [5, 5.41) is 0. The average Bonchev–Trinajstić information content (AvgIpc) is 3.38. The minimum absolute atomic E-state index is 0.212. The van der Waals surface area contributed by atoms with Crippen LogP contribution in [0.5, 0.6) is 5.75 Å². The number of benzene rings is 1. The molecule has 1 aliphatic heterocycles. The van der Waals surface area contributed by atoms with Crippen molar-refractivity contribution in [3.8, 4) is 5.75 Å². The van der Waals surface area contributed by atoms with Crippen LogP contribution in [0.25, 0.3) is 0 Å². The quantitative estimate of drug-likeness (QED) is 0.751. The van der Waals surface area contributed by atoms with E-state index in [-0.39, 0.29) is 5.91 Å². The van der Waals surface area contributed by atoms with Crippen molar-refractivity contribution < 1.29 is 9.53 Å². The molecule has 0 unspecified atom stereocenters. The Morgan fingerprint density at radius 3 is 2.78 bits per heavy atom. The van der Waals surface area contributed by atoms with Crippen molar-refractivity contribution in [3.63, 3.8) is 0 Å². The number of aromatic nitrogens is 2. The van der Waals surface area contributed by atoms with Crippen molar-refractivity contribution in [1.29, 1.82) is 0 Å². The Hall–Kier alpha value is -2.30. The molecule has 0 N–H and O–H groups in total. The van der Waals surface area contributed by atoms with E-state index < -0.39 is 0 Å². The molecule has 0 radical (unpaired) electrons. The van der Waals surface area contributed by atoms with Crippen LogP contribution in [-0.2, 0) is 17.8 Å². The summed E-state index contributed by atoms with van der Waals surface area (Å²) < 4.78 is 7.80. The summed E-state index contributed by atoms with van der Waals surface area (Å²) in [4.78, 5) is 19.5. The molecule has 0 bridgehead atoms. The lowest BCUT2D eigenvalue weighted by Crippen LogP contribution is -2.40. The predicted molar refractivity (Wildman–Crippen MR) is 105 cm³/mol. The number of piperidine rings is 1. The summed E-state index contributed by atoms with van der Waals surface area (Å²) in [6.07, 6.45) is 9.33. The zero-order valence-corrected chi connectivity index (χ0v) is 16.1. The standard InChI is InChI=1S/C22H29N3O2/c1-2-27-20-9-7-17(8-10-20)14-21(26)24-12-3-4-19(16-24)22-23-11-13-25(22)15-18-5-6-18/h7-11,13,18-19H,2-6,12,14-16H2,1H3/t19-/m1/s1. The molecular weight excluding hydrogens is 338 g/mol. The maximum Gasteiger partial charge on any atom is 0.227 e. The minimum Gasteiger partial charge on any atom is -0.494 e. The first-order chi connectivity index (χ1) is 13.2. The van der Waals surface area contributed by atoms with Gasteiger partial charge in [0.25, 0.3) is 0 Å². The molecule has 144 valence electrons. The van der Waals surface area contributed by atoms with Crippen LogP contribution >= 0.6 is 0 Å². The van der Waals surface area contributed by atoms with Crippen molar-refractivity contribution in [2.75, 3.05) is 19.7 Å². The van der Waals surface area contributed by atoms with E-state index in [0.717, 1.165) is 49.7 Å². The Morgan fingerprint density at radius 1 is 1.22 bits per heavy atom. The predicted octanol–water partition coefficient (Wildman–Crippen LogP) is 3.64. The smallest absolute Gasteiger partial charge is 0.227 e. The number of likely N-dealkylation sites (tertiary alicyclic amines) is 1. The number of amides is 1. The van der Waals surface area contributed by atoms with Gasteiger partial charge in [0, 0.05) is 37.9 Å². The summed E-state index contributed by atoms with van der Waals surface area (Å²) in [6, 6.07) is 7.87. The van der Waals surface area contributed by atoms with Crippen LogP contribution in [0, 0.1) is 5.92 Å².